The van der Waals surface area contributed by atoms with E-state index in [0.717, 1.165) is 24.5 Å². The van der Waals surface area contributed by atoms with E-state index >= 15 is 0 Å². The first-order valence-corrected chi connectivity index (χ1v) is 8.53. The molecule has 0 saturated carbocycles. The van der Waals surface area contributed by atoms with E-state index in [0.29, 0.717) is 0 Å². The van der Waals surface area contributed by atoms with Crippen LogP contribution in [0.15, 0.2) is 36.4 Å². The van der Waals surface area contributed by atoms with Gasteiger partial charge in [-0.2, -0.15) is 0 Å². The highest BCUT2D eigenvalue weighted by atomic mass is 16.5. The van der Waals surface area contributed by atoms with Gasteiger partial charge in [0.2, 0.25) is 0 Å². The summed E-state index contributed by atoms with van der Waals surface area (Å²) >= 11 is 0. The molecule has 0 bridgehead atoms. The van der Waals surface area contributed by atoms with Gasteiger partial charge in [0.15, 0.2) is 11.5 Å². The number of hydrogen-bond donors (Lipinski definition) is 1. The highest BCUT2D eigenvalue weighted by molar-refractivity contribution is 5.54. The highest BCUT2D eigenvalue weighted by Crippen LogP contribution is 2.40. The van der Waals surface area contributed by atoms with E-state index in [4.69, 9.17) is 9.47 Å². The molecule has 1 unspecified atom stereocenters. The first-order chi connectivity index (χ1) is 11.5. The molecule has 0 amide bonds. The molecule has 1 N–H and O–H groups in total. The van der Waals surface area contributed by atoms with Crippen LogP contribution < -0.4 is 14.8 Å². The third-order valence-electron chi connectivity index (χ3n) is 4.83. The van der Waals surface area contributed by atoms with Crippen LogP contribution in [0.4, 0.5) is 0 Å². The van der Waals surface area contributed by atoms with Crippen LogP contribution in [0, 0.1) is 0 Å². The minimum absolute atomic E-state index is 0.174. The average molecular weight is 325 g/mol. The smallest absolute Gasteiger partial charge is 0.164 e. The van der Waals surface area contributed by atoms with Crippen molar-refractivity contribution in [2.45, 2.75) is 38.6 Å². The Kier molecular flexibility index (Phi) is 4.55. The summed E-state index contributed by atoms with van der Waals surface area (Å²) < 4.78 is 11.1. The van der Waals surface area contributed by atoms with E-state index in [1.165, 1.54) is 22.3 Å². The number of rotatable bonds is 3. The van der Waals surface area contributed by atoms with Gasteiger partial charge in [0, 0.05) is 12.1 Å². The summed E-state index contributed by atoms with van der Waals surface area (Å²) in [6.07, 6.45) is 0.951. The van der Waals surface area contributed by atoms with Gasteiger partial charge in [-0.1, -0.05) is 51.1 Å². The minimum Gasteiger partial charge on any atom is -0.493 e. The van der Waals surface area contributed by atoms with Crippen molar-refractivity contribution in [1.82, 2.24) is 5.32 Å². The van der Waals surface area contributed by atoms with E-state index in [2.05, 4.69) is 56.4 Å². The van der Waals surface area contributed by atoms with E-state index in [1.807, 2.05) is 6.07 Å². The lowest BCUT2D eigenvalue weighted by Crippen LogP contribution is -2.31. The fourth-order valence-corrected chi connectivity index (χ4v) is 3.46. The van der Waals surface area contributed by atoms with Crippen LogP contribution in [-0.4, -0.2) is 20.8 Å². The molecule has 24 heavy (non-hydrogen) atoms. The van der Waals surface area contributed by atoms with Crippen LogP contribution in [0.2, 0.25) is 0 Å². The van der Waals surface area contributed by atoms with Gasteiger partial charge in [-0.25, -0.2) is 0 Å². The number of methoxy groups -OCH3 is 2. The summed E-state index contributed by atoms with van der Waals surface area (Å²) in [5.74, 6) is 1.67. The predicted octanol–water partition coefficient (Wildman–Crippen LogP) is 4.24. The van der Waals surface area contributed by atoms with Crippen LogP contribution in [-0.2, 0) is 11.8 Å². The molecule has 0 aromatic heterocycles. The van der Waals surface area contributed by atoms with Crippen molar-refractivity contribution in [3.05, 3.63) is 58.7 Å². The molecule has 2 aromatic rings. The Morgan fingerprint density at radius 1 is 0.958 bits per heavy atom. The Labute approximate surface area is 145 Å². The first-order valence-electron chi connectivity index (χ1n) is 8.53. The maximum atomic E-state index is 5.63. The van der Waals surface area contributed by atoms with Crippen LogP contribution in [0.1, 0.15) is 49.1 Å². The van der Waals surface area contributed by atoms with E-state index in [1.54, 1.807) is 14.2 Å². The molecule has 0 fully saturated rings. The number of ether oxygens (including phenoxy) is 2. The quantitative estimate of drug-likeness (QED) is 0.916. The molecular formula is C21H27NO2. The molecule has 3 nitrogen and oxygen atoms in total. The van der Waals surface area contributed by atoms with Gasteiger partial charge >= 0.3 is 0 Å². The summed E-state index contributed by atoms with van der Waals surface area (Å²) in [4.78, 5) is 0. The van der Waals surface area contributed by atoms with Gasteiger partial charge in [0.1, 0.15) is 0 Å². The molecule has 3 rings (SSSR count). The number of fused-ring (bicyclic) bond motifs is 1. The topological polar surface area (TPSA) is 30.5 Å². The Morgan fingerprint density at radius 2 is 1.67 bits per heavy atom. The summed E-state index contributed by atoms with van der Waals surface area (Å²) in [6, 6.07) is 13.3. The molecule has 3 heteroatoms. The molecule has 2 aromatic carbocycles. The largest absolute Gasteiger partial charge is 0.493 e. The molecule has 0 aliphatic carbocycles. The molecule has 1 aliphatic heterocycles. The van der Waals surface area contributed by atoms with Crippen molar-refractivity contribution < 1.29 is 9.47 Å². The Balaban J connectivity index is 2.01. The maximum absolute atomic E-state index is 5.63. The average Bonchev–Trinajstić information content (AvgIpc) is 2.59. The Bertz CT molecular complexity index is 714. The van der Waals surface area contributed by atoms with Crippen molar-refractivity contribution >= 4 is 0 Å². The fraction of sp³-hybridized carbons (Fsp3) is 0.429. The normalized spacial score (nSPS) is 17.3. The van der Waals surface area contributed by atoms with Gasteiger partial charge in [-0.05, 0) is 34.6 Å². The van der Waals surface area contributed by atoms with Crippen molar-refractivity contribution in [1.29, 1.82) is 0 Å². The van der Waals surface area contributed by atoms with Gasteiger partial charge in [0.25, 0.3) is 0 Å². The molecule has 1 atom stereocenters. The van der Waals surface area contributed by atoms with E-state index < -0.39 is 0 Å². The Hall–Kier alpha value is -2.00. The third-order valence-corrected chi connectivity index (χ3v) is 4.83. The third kappa shape index (κ3) is 3.01. The van der Waals surface area contributed by atoms with Gasteiger partial charge in [0.05, 0.1) is 20.3 Å². The van der Waals surface area contributed by atoms with Gasteiger partial charge in [-0.3, -0.25) is 0 Å². The van der Waals surface area contributed by atoms with E-state index in [-0.39, 0.29) is 11.5 Å². The lowest BCUT2D eigenvalue weighted by molar-refractivity contribution is 0.348. The van der Waals surface area contributed by atoms with Crippen LogP contribution in [0.25, 0.3) is 0 Å². The summed E-state index contributed by atoms with van der Waals surface area (Å²) in [5.41, 5.74) is 5.35. The van der Waals surface area contributed by atoms with Crippen LogP contribution in [0.3, 0.4) is 0 Å². The fourth-order valence-electron chi connectivity index (χ4n) is 3.46. The van der Waals surface area contributed by atoms with E-state index in [9.17, 15) is 0 Å². The number of benzene rings is 2. The Morgan fingerprint density at radius 3 is 2.25 bits per heavy atom. The molecule has 1 heterocycles. The van der Waals surface area contributed by atoms with Crippen LogP contribution >= 0.6 is 0 Å². The lowest BCUT2D eigenvalue weighted by Gasteiger charge is -2.30. The van der Waals surface area contributed by atoms with Crippen molar-refractivity contribution in [2.75, 3.05) is 20.8 Å². The second kappa shape index (κ2) is 6.48. The summed E-state index contributed by atoms with van der Waals surface area (Å²) in [7, 11) is 3.40. The summed E-state index contributed by atoms with van der Waals surface area (Å²) in [6.45, 7) is 7.66. The first kappa shape index (κ1) is 16.8. The maximum Gasteiger partial charge on any atom is 0.164 e. The SMILES string of the molecule is COc1ccc2c(c1OC)CCNC2c1ccc(C(C)(C)C)cc1. The minimum atomic E-state index is 0.174. The summed E-state index contributed by atoms with van der Waals surface area (Å²) in [5, 5.41) is 3.64. The number of hydrogen-bond acceptors (Lipinski definition) is 3. The second-order valence-corrected chi connectivity index (χ2v) is 7.38. The molecule has 0 saturated heterocycles. The highest BCUT2D eigenvalue weighted by Gasteiger charge is 2.26. The second-order valence-electron chi connectivity index (χ2n) is 7.38. The number of nitrogens with one attached hydrogen (secondary N) is 1. The molecule has 1 aliphatic rings. The molecule has 128 valence electrons. The zero-order valence-electron chi connectivity index (χ0n) is 15.3. The van der Waals surface area contributed by atoms with Crippen molar-refractivity contribution in [3.8, 4) is 11.5 Å². The van der Waals surface area contributed by atoms with Gasteiger partial charge < -0.3 is 14.8 Å². The monoisotopic (exact) mass is 325 g/mol. The predicted molar refractivity (Wildman–Crippen MR) is 98.2 cm³/mol. The molecule has 0 spiro atoms. The van der Waals surface area contributed by atoms with Gasteiger partial charge in [-0.15, -0.1) is 0 Å². The lowest BCUT2D eigenvalue weighted by atomic mass is 9.84. The molecular weight excluding hydrogens is 298 g/mol. The molecule has 0 radical (unpaired) electrons. The van der Waals surface area contributed by atoms with Crippen LogP contribution in [0.5, 0.6) is 11.5 Å². The zero-order chi connectivity index (χ0) is 17.3. The standard InChI is InChI=1S/C21H27NO2/c1-21(2,3)15-8-6-14(7-9-15)19-16-10-11-18(23-4)20(24-5)17(16)12-13-22-19/h6-11,19,22H,12-13H2,1-5H3. The van der Waals surface area contributed by atoms with Crippen molar-refractivity contribution in [2.24, 2.45) is 0 Å². The zero-order valence-corrected chi connectivity index (χ0v) is 15.3. The van der Waals surface area contributed by atoms with Crippen molar-refractivity contribution in [3.63, 3.8) is 0 Å².